The molecule has 0 fully saturated rings. The number of carbonyl (C=O) groups excluding carboxylic acids is 1. The Morgan fingerprint density at radius 1 is 1.10 bits per heavy atom. The zero-order valence-electron chi connectivity index (χ0n) is 12.8. The van der Waals surface area contributed by atoms with Gasteiger partial charge in [0.2, 0.25) is 5.91 Å². The Kier molecular flexibility index (Phi) is 5.45. The second kappa shape index (κ2) is 7.32. The summed E-state index contributed by atoms with van der Waals surface area (Å²) in [5.74, 6) is 0.0646. The molecule has 0 saturated carbocycles. The van der Waals surface area contributed by atoms with Crippen LogP contribution in [0.3, 0.4) is 0 Å². The van der Waals surface area contributed by atoms with Crippen molar-refractivity contribution in [1.82, 2.24) is 0 Å². The second-order valence-electron chi connectivity index (χ2n) is 5.17. The highest BCUT2D eigenvalue weighted by molar-refractivity contribution is 7.98. The van der Waals surface area contributed by atoms with E-state index in [0.717, 1.165) is 17.0 Å². The molecule has 0 unspecified atom stereocenters. The van der Waals surface area contributed by atoms with Crippen molar-refractivity contribution in [2.45, 2.75) is 31.6 Å². The zero-order chi connectivity index (χ0) is 15.2. The van der Waals surface area contributed by atoms with Gasteiger partial charge in [-0.15, -0.1) is 11.8 Å². The van der Waals surface area contributed by atoms with Crippen molar-refractivity contribution in [1.29, 1.82) is 0 Å². The van der Waals surface area contributed by atoms with Crippen LogP contribution in [0.1, 0.15) is 23.1 Å². The first-order valence-electron chi connectivity index (χ1n) is 7.09. The molecule has 1 N–H and O–H groups in total. The van der Waals surface area contributed by atoms with Gasteiger partial charge in [-0.25, -0.2) is 0 Å². The molecule has 0 bridgehead atoms. The number of hydrogen-bond donors (Lipinski definition) is 1. The van der Waals surface area contributed by atoms with E-state index in [1.54, 1.807) is 11.8 Å². The van der Waals surface area contributed by atoms with Gasteiger partial charge in [0.05, 0.1) is 5.69 Å². The summed E-state index contributed by atoms with van der Waals surface area (Å²) in [6.07, 6.45) is 3.29. The van der Waals surface area contributed by atoms with Gasteiger partial charge >= 0.3 is 0 Å². The van der Waals surface area contributed by atoms with Gasteiger partial charge in [-0.3, -0.25) is 4.79 Å². The topological polar surface area (TPSA) is 29.1 Å². The molecule has 2 aromatic carbocycles. The molecule has 2 nitrogen and oxygen atoms in total. The van der Waals surface area contributed by atoms with E-state index in [9.17, 15) is 4.79 Å². The van der Waals surface area contributed by atoms with Crippen LogP contribution in [0.2, 0.25) is 0 Å². The zero-order valence-corrected chi connectivity index (χ0v) is 13.6. The maximum atomic E-state index is 12.1. The molecule has 0 radical (unpaired) electrons. The van der Waals surface area contributed by atoms with Crippen molar-refractivity contribution >= 4 is 23.4 Å². The lowest BCUT2D eigenvalue weighted by Crippen LogP contribution is -2.13. The monoisotopic (exact) mass is 299 g/mol. The SMILES string of the molecule is CSc1ccccc1NC(=O)CCc1ccc(C)c(C)c1. The molecule has 2 rings (SSSR count). The lowest BCUT2D eigenvalue weighted by Gasteiger charge is -2.09. The molecule has 0 aliphatic heterocycles. The van der Waals surface area contributed by atoms with Crippen LogP contribution >= 0.6 is 11.8 Å². The maximum Gasteiger partial charge on any atom is 0.224 e. The van der Waals surface area contributed by atoms with E-state index < -0.39 is 0 Å². The summed E-state index contributed by atoms with van der Waals surface area (Å²) >= 11 is 1.64. The third-order valence-corrected chi connectivity index (χ3v) is 4.39. The molecule has 0 aliphatic carbocycles. The summed E-state index contributed by atoms with van der Waals surface area (Å²) < 4.78 is 0. The quantitative estimate of drug-likeness (QED) is 0.818. The third kappa shape index (κ3) is 4.36. The van der Waals surface area contributed by atoms with Crippen LogP contribution in [0.25, 0.3) is 0 Å². The molecule has 2 aromatic rings. The minimum atomic E-state index is 0.0646. The molecular formula is C18H21NOS. The highest BCUT2D eigenvalue weighted by Gasteiger charge is 2.06. The third-order valence-electron chi connectivity index (χ3n) is 3.59. The maximum absolute atomic E-state index is 12.1. The van der Waals surface area contributed by atoms with Gasteiger partial charge in [-0.05, 0) is 55.3 Å². The van der Waals surface area contributed by atoms with Crippen molar-refractivity contribution in [3.05, 3.63) is 59.2 Å². The number of carbonyl (C=O) groups is 1. The van der Waals surface area contributed by atoms with Crippen molar-refractivity contribution < 1.29 is 4.79 Å². The predicted molar refractivity (Wildman–Crippen MR) is 91.1 cm³/mol. The molecule has 21 heavy (non-hydrogen) atoms. The Bertz CT molecular complexity index is 637. The lowest BCUT2D eigenvalue weighted by molar-refractivity contribution is -0.116. The number of benzene rings is 2. The molecular weight excluding hydrogens is 278 g/mol. The average Bonchev–Trinajstić information content (AvgIpc) is 2.49. The Balaban J connectivity index is 1.94. The van der Waals surface area contributed by atoms with Crippen LogP contribution in [0.5, 0.6) is 0 Å². The van der Waals surface area contributed by atoms with Crippen LogP contribution in [0, 0.1) is 13.8 Å². The number of nitrogens with one attached hydrogen (secondary N) is 1. The normalized spacial score (nSPS) is 10.4. The molecule has 0 heterocycles. The summed E-state index contributed by atoms with van der Waals surface area (Å²) in [6, 6.07) is 14.3. The van der Waals surface area contributed by atoms with E-state index in [1.807, 2.05) is 30.5 Å². The Morgan fingerprint density at radius 3 is 2.57 bits per heavy atom. The van der Waals surface area contributed by atoms with Gasteiger partial charge in [-0.2, -0.15) is 0 Å². The number of rotatable bonds is 5. The second-order valence-corrected chi connectivity index (χ2v) is 6.02. The van der Waals surface area contributed by atoms with Crippen LogP contribution in [-0.2, 0) is 11.2 Å². The first kappa shape index (κ1) is 15.6. The largest absolute Gasteiger partial charge is 0.325 e. The molecule has 0 atom stereocenters. The standard InChI is InChI=1S/C18H21NOS/c1-13-8-9-15(12-14(13)2)10-11-18(20)19-16-6-4-5-7-17(16)21-3/h4-9,12H,10-11H2,1-3H3,(H,19,20). The molecule has 0 spiro atoms. The molecule has 3 heteroatoms. The van der Waals surface area contributed by atoms with E-state index in [-0.39, 0.29) is 5.91 Å². The number of amides is 1. The number of thioether (sulfide) groups is 1. The number of hydrogen-bond acceptors (Lipinski definition) is 2. The summed E-state index contributed by atoms with van der Waals surface area (Å²) in [6.45, 7) is 4.21. The Morgan fingerprint density at radius 2 is 1.86 bits per heavy atom. The fourth-order valence-electron chi connectivity index (χ4n) is 2.18. The smallest absolute Gasteiger partial charge is 0.224 e. The lowest BCUT2D eigenvalue weighted by atomic mass is 10.0. The minimum Gasteiger partial charge on any atom is -0.325 e. The molecule has 0 saturated heterocycles. The van der Waals surface area contributed by atoms with Crippen LogP contribution in [0.15, 0.2) is 47.4 Å². The van der Waals surface area contributed by atoms with Gasteiger partial charge in [-0.1, -0.05) is 30.3 Å². The van der Waals surface area contributed by atoms with Gasteiger partial charge in [0.1, 0.15) is 0 Å². The summed E-state index contributed by atoms with van der Waals surface area (Å²) in [5.41, 5.74) is 4.68. The van der Waals surface area contributed by atoms with Crippen LogP contribution in [0.4, 0.5) is 5.69 Å². The Hall–Kier alpha value is -1.74. The fourth-order valence-corrected chi connectivity index (χ4v) is 2.73. The van der Waals surface area contributed by atoms with E-state index >= 15 is 0 Å². The van der Waals surface area contributed by atoms with E-state index in [4.69, 9.17) is 0 Å². The van der Waals surface area contributed by atoms with Crippen LogP contribution < -0.4 is 5.32 Å². The van der Waals surface area contributed by atoms with Gasteiger partial charge in [0, 0.05) is 11.3 Å². The highest BCUT2D eigenvalue weighted by atomic mass is 32.2. The predicted octanol–water partition coefficient (Wildman–Crippen LogP) is 4.60. The number of para-hydroxylation sites is 1. The molecule has 0 aromatic heterocycles. The highest BCUT2D eigenvalue weighted by Crippen LogP contribution is 2.24. The summed E-state index contributed by atoms with van der Waals surface area (Å²) in [4.78, 5) is 13.2. The molecule has 0 aliphatic rings. The van der Waals surface area contributed by atoms with Crippen molar-refractivity contribution in [3.8, 4) is 0 Å². The number of aryl methyl sites for hydroxylation is 3. The van der Waals surface area contributed by atoms with E-state index in [2.05, 4.69) is 37.4 Å². The fraction of sp³-hybridized carbons (Fsp3) is 0.278. The number of anilines is 1. The minimum absolute atomic E-state index is 0.0646. The molecule has 1 amide bonds. The summed E-state index contributed by atoms with van der Waals surface area (Å²) in [7, 11) is 0. The van der Waals surface area contributed by atoms with E-state index in [0.29, 0.717) is 6.42 Å². The summed E-state index contributed by atoms with van der Waals surface area (Å²) in [5, 5.41) is 3.00. The van der Waals surface area contributed by atoms with Gasteiger partial charge in [0.25, 0.3) is 0 Å². The van der Waals surface area contributed by atoms with E-state index in [1.165, 1.54) is 16.7 Å². The van der Waals surface area contributed by atoms with Gasteiger partial charge in [0.15, 0.2) is 0 Å². The molecule has 110 valence electrons. The average molecular weight is 299 g/mol. The van der Waals surface area contributed by atoms with Crippen molar-refractivity contribution in [2.24, 2.45) is 0 Å². The van der Waals surface area contributed by atoms with Crippen molar-refractivity contribution in [2.75, 3.05) is 11.6 Å². The van der Waals surface area contributed by atoms with Crippen molar-refractivity contribution in [3.63, 3.8) is 0 Å². The van der Waals surface area contributed by atoms with Crippen LogP contribution in [-0.4, -0.2) is 12.2 Å². The Labute approximate surface area is 131 Å². The van der Waals surface area contributed by atoms with Gasteiger partial charge < -0.3 is 5.32 Å². The first-order chi connectivity index (χ1) is 10.1. The first-order valence-corrected chi connectivity index (χ1v) is 8.31.